The van der Waals surface area contributed by atoms with E-state index in [9.17, 15) is 0 Å². The lowest BCUT2D eigenvalue weighted by atomic mass is 10.1. The van der Waals surface area contributed by atoms with E-state index in [4.69, 9.17) is 9.26 Å². The summed E-state index contributed by atoms with van der Waals surface area (Å²) in [5.74, 6) is 2.68. The van der Waals surface area contributed by atoms with E-state index in [1.165, 1.54) is 5.56 Å². The fourth-order valence-corrected chi connectivity index (χ4v) is 3.72. The molecule has 0 N–H and O–H groups in total. The van der Waals surface area contributed by atoms with Gasteiger partial charge in [-0.05, 0) is 42.1 Å². The molecule has 24 heavy (non-hydrogen) atoms. The highest BCUT2D eigenvalue weighted by Gasteiger charge is 2.28. The SMILES string of the molecule is COc1ccc(CN2CC[C@@H](c3nc(-c4cccs4)no3)C2)cc1. The highest BCUT2D eigenvalue weighted by molar-refractivity contribution is 7.13. The minimum atomic E-state index is 0.324. The second-order valence-electron chi connectivity index (χ2n) is 6.00. The van der Waals surface area contributed by atoms with Crippen molar-refractivity contribution in [3.05, 3.63) is 53.2 Å². The van der Waals surface area contributed by atoms with Gasteiger partial charge >= 0.3 is 0 Å². The molecule has 5 nitrogen and oxygen atoms in total. The largest absolute Gasteiger partial charge is 0.497 e. The number of benzene rings is 1. The monoisotopic (exact) mass is 341 g/mol. The van der Waals surface area contributed by atoms with E-state index in [0.717, 1.165) is 42.6 Å². The lowest BCUT2D eigenvalue weighted by molar-refractivity contribution is 0.309. The Kier molecular flexibility index (Phi) is 4.32. The van der Waals surface area contributed by atoms with Crippen LogP contribution < -0.4 is 4.74 Å². The molecule has 6 heteroatoms. The summed E-state index contributed by atoms with van der Waals surface area (Å²) in [7, 11) is 1.69. The maximum Gasteiger partial charge on any atom is 0.231 e. The van der Waals surface area contributed by atoms with Crippen molar-refractivity contribution in [3.63, 3.8) is 0 Å². The molecule has 4 rings (SSSR count). The quantitative estimate of drug-likeness (QED) is 0.706. The molecule has 1 saturated heterocycles. The number of methoxy groups -OCH3 is 1. The van der Waals surface area contributed by atoms with Crippen LogP contribution in [0.15, 0.2) is 46.3 Å². The molecule has 1 aliphatic heterocycles. The fraction of sp³-hybridized carbons (Fsp3) is 0.333. The maximum absolute atomic E-state index is 5.50. The van der Waals surface area contributed by atoms with Crippen LogP contribution in [0.5, 0.6) is 5.75 Å². The summed E-state index contributed by atoms with van der Waals surface area (Å²) in [6, 6.07) is 12.3. The zero-order chi connectivity index (χ0) is 16.4. The van der Waals surface area contributed by atoms with Crippen LogP contribution in [-0.4, -0.2) is 35.2 Å². The lowest BCUT2D eigenvalue weighted by Gasteiger charge is -2.15. The topological polar surface area (TPSA) is 51.4 Å². The number of thiophene rings is 1. The van der Waals surface area contributed by atoms with Crippen LogP contribution in [0.25, 0.3) is 10.7 Å². The minimum absolute atomic E-state index is 0.324. The first kappa shape index (κ1) is 15.4. The first-order chi connectivity index (χ1) is 11.8. The number of likely N-dealkylation sites (tertiary alicyclic amines) is 1. The smallest absolute Gasteiger partial charge is 0.231 e. The Morgan fingerprint density at radius 3 is 2.92 bits per heavy atom. The molecule has 0 unspecified atom stereocenters. The van der Waals surface area contributed by atoms with Gasteiger partial charge in [0, 0.05) is 13.1 Å². The number of aromatic nitrogens is 2. The van der Waals surface area contributed by atoms with E-state index in [0.29, 0.717) is 11.7 Å². The molecule has 0 amide bonds. The highest BCUT2D eigenvalue weighted by Crippen LogP contribution is 2.29. The van der Waals surface area contributed by atoms with Gasteiger partial charge in [0.1, 0.15) is 5.75 Å². The third-order valence-electron chi connectivity index (χ3n) is 4.37. The van der Waals surface area contributed by atoms with Crippen molar-refractivity contribution in [1.82, 2.24) is 15.0 Å². The first-order valence-electron chi connectivity index (χ1n) is 8.04. The van der Waals surface area contributed by atoms with Gasteiger partial charge in [0.05, 0.1) is 17.9 Å². The van der Waals surface area contributed by atoms with Gasteiger partial charge in [0.2, 0.25) is 11.7 Å². The number of ether oxygens (including phenoxy) is 1. The van der Waals surface area contributed by atoms with Crippen molar-refractivity contribution in [2.24, 2.45) is 0 Å². The van der Waals surface area contributed by atoms with Crippen LogP contribution in [0.1, 0.15) is 23.8 Å². The lowest BCUT2D eigenvalue weighted by Crippen LogP contribution is -2.19. The van der Waals surface area contributed by atoms with Gasteiger partial charge in [0.15, 0.2) is 0 Å². The Labute approximate surface area is 144 Å². The van der Waals surface area contributed by atoms with Crippen LogP contribution in [0, 0.1) is 0 Å². The molecule has 1 fully saturated rings. The molecular formula is C18H19N3O2S. The average Bonchev–Trinajstić information content (AvgIpc) is 3.36. The molecule has 0 radical (unpaired) electrons. The third kappa shape index (κ3) is 3.20. The van der Waals surface area contributed by atoms with Crippen molar-refractivity contribution >= 4 is 11.3 Å². The molecule has 1 aromatic carbocycles. The van der Waals surface area contributed by atoms with E-state index in [2.05, 4.69) is 27.2 Å². The first-order valence-corrected chi connectivity index (χ1v) is 8.92. The summed E-state index contributed by atoms with van der Waals surface area (Å²) >= 11 is 1.63. The van der Waals surface area contributed by atoms with Gasteiger partial charge in [-0.15, -0.1) is 11.3 Å². The van der Waals surface area contributed by atoms with E-state index >= 15 is 0 Å². The van der Waals surface area contributed by atoms with Gasteiger partial charge in [0.25, 0.3) is 0 Å². The molecule has 0 saturated carbocycles. The van der Waals surface area contributed by atoms with Crippen molar-refractivity contribution < 1.29 is 9.26 Å². The van der Waals surface area contributed by atoms with Crippen LogP contribution >= 0.6 is 11.3 Å². The minimum Gasteiger partial charge on any atom is -0.497 e. The Hall–Kier alpha value is -2.18. The van der Waals surface area contributed by atoms with Crippen LogP contribution in [-0.2, 0) is 6.54 Å². The van der Waals surface area contributed by atoms with Crippen molar-refractivity contribution in [2.45, 2.75) is 18.9 Å². The molecule has 0 aliphatic carbocycles. The van der Waals surface area contributed by atoms with E-state index in [1.54, 1.807) is 18.4 Å². The Morgan fingerprint density at radius 2 is 2.17 bits per heavy atom. The molecule has 2 aromatic heterocycles. The standard InChI is InChI=1S/C18H19N3O2S/c1-22-15-6-4-13(5-7-15)11-21-9-8-14(12-21)18-19-17(20-23-18)16-3-2-10-24-16/h2-7,10,14H,8-9,11-12H2,1H3/t14-/m1/s1. The Bertz CT molecular complexity index is 783. The van der Waals surface area contributed by atoms with Crippen LogP contribution in [0.3, 0.4) is 0 Å². The average molecular weight is 341 g/mol. The van der Waals surface area contributed by atoms with Gasteiger partial charge in [-0.3, -0.25) is 4.90 Å². The Morgan fingerprint density at radius 1 is 1.29 bits per heavy atom. The van der Waals surface area contributed by atoms with Crippen molar-refractivity contribution in [2.75, 3.05) is 20.2 Å². The number of hydrogen-bond acceptors (Lipinski definition) is 6. The van der Waals surface area contributed by atoms with Gasteiger partial charge in [-0.25, -0.2) is 0 Å². The molecule has 0 bridgehead atoms. The molecule has 3 heterocycles. The molecular weight excluding hydrogens is 322 g/mol. The maximum atomic E-state index is 5.50. The molecule has 0 spiro atoms. The summed E-state index contributed by atoms with van der Waals surface area (Å²) in [4.78, 5) is 8.07. The molecule has 3 aromatic rings. The van der Waals surface area contributed by atoms with E-state index in [-0.39, 0.29) is 0 Å². The van der Waals surface area contributed by atoms with Crippen molar-refractivity contribution in [1.29, 1.82) is 0 Å². The summed E-state index contributed by atoms with van der Waals surface area (Å²) in [6.45, 7) is 2.94. The molecule has 1 atom stereocenters. The number of rotatable bonds is 5. The normalized spacial score (nSPS) is 18.1. The zero-order valence-corrected chi connectivity index (χ0v) is 14.3. The van der Waals surface area contributed by atoms with Gasteiger partial charge in [-0.1, -0.05) is 23.4 Å². The van der Waals surface area contributed by atoms with E-state index in [1.807, 2.05) is 29.6 Å². The van der Waals surface area contributed by atoms with Crippen LogP contribution in [0.4, 0.5) is 0 Å². The number of hydrogen-bond donors (Lipinski definition) is 0. The predicted molar refractivity (Wildman–Crippen MR) is 93.2 cm³/mol. The predicted octanol–water partition coefficient (Wildman–Crippen LogP) is 3.80. The molecule has 1 aliphatic rings. The second kappa shape index (κ2) is 6.75. The summed E-state index contributed by atoms with van der Waals surface area (Å²) < 4.78 is 10.7. The zero-order valence-electron chi connectivity index (χ0n) is 13.5. The Balaban J connectivity index is 1.39. The fourth-order valence-electron chi connectivity index (χ4n) is 3.07. The molecule has 124 valence electrons. The van der Waals surface area contributed by atoms with Crippen molar-refractivity contribution in [3.8, 4) is 16.5 Å². The van der Waals surface area contributed by atoms with E-state index < -0.39 is 0 Å². The number of nitrogens with zero attached hydrogens (tertiary/aromatic N) is 3. The van der Waals surface area contributed by atoms with Gasteiger partial charge < -0.3 is 9.26 Å². The third-order valence-corrected chi connectivity index (χ3v) is 5.24. The summed E-state index contributed by atoms with van der Waals surface area (Å²) in [5, 5.41) is 6.15. The van der Waals surface area contributed by atoms with Gasteiger partial charge in [-0.2, -0.15) is 4.98 Å². The van der Waals surface area contributed by atoms with Crippen LogP contribution in [0.2, 0.25) is 0 Å². The summed E-state index contributed by atoms with van der Waals surface area (Å²) in [5.41, 5.74) is 1.29. The second-order valence-corrected chi connectivity index (χ2v) is 6.95. The summed E-state index contributed by atoms with van der Waals surface area (Å²) in [6.07, 6.45) is 1.06. The highest BCUT2D eigenvalue weighted by atomic mass is 32.1.